The van der Waals surface area contributed by atoms with Crippen LogP contribution in [0.15, 0.2) is 12.1 Å². The lowest BCUT2D eigenvalue weighted by molar-refractivity contribution is -0.145. The molecule has 98 valence electrons. The maximum absolute atomic E-state index is 11.3. The van der Waals surface area contributed by atoms with E-state index in [1.165, 1.54) is 0 Å². The van der Waals surface area contributed by atoms with E-state index in [1.807, 2.05) is 0 Å². The summed E-state index contributed by atoms with van der Waals surface area (Å²) in [6, 6.07) is 3.16. The van der Waals surface area contributed by atoms with E-state index < -0.39 is 12.1 Å². The number of fused-ring (bicyclic) bond motifs is 1. The first-order chi connectivity index (χ1) is 8.61. The Morgan fingerprint density at radius 1 is 1.56 bits per heavy atom. The highest BCUT2D eigenvalue weighted by Gasteiger charge is 2.22. The number of halogens is 1. The largest absolute Gasteiger partial charge is 0.466 e. The molecule has 0 spiro atoms. The Labute approximate surface area is 109 Å². The zero-order chi connectivity index (χ0) is 13.1. The van der Waals surface area contributed by atoms with Crippen molar-refractivity contribution in [2.45, 2.75) is 19.4 Å². The molecule has 1 atom stereocenters. The molecule has 1 aliphatic rings. The van der Waals surface area contributed by atoms with Crippen LogP contribution in [0.25, 0.3) is 0 Å². The minimum Gasteiger partial charge on any atom is -0.466 e. The van der Waals surface area contributed by atoms with Crippen LogP contribution in [0, 0.1) is 0 Å². The molecule has 1 aromatic rings. The van der Waals surface area contributed by atoms with Gasteiger partial charge in [-0.05, 0) is 24.6 Å². The van der Waals surface area contributed by atoms with Crippen LogP contribution in [0.2, 0.25) is 5.02 Å². The van der Waals surface area contributed by atoms with Crippen LogP contribution in [0.4, 0.5) is 0 Å². The van der Waals surface area contributed by atoms with Crippen molar-refractivity contribution in [1.82, 2.24) is 0 Å². The second-order valence-corrected chi connectivity index (χ2v) is 4.17. The first-order valence-electron chi connectivity index (χ1n) is 5.54. The number of aliphatic hydroxyl groups excluding tert-OH is 1. The Balaban J connectivity index is 2.13. The van der Waals surface area contributed by atoms with Gasteiger partial charge in [0.05, 0.1) is 24.2 Å². The Morgan fingerprint density at radius 2 is 2.33 bits per heavy atom. The van der Waals surface area contributed by atoms with Gasteiger partial charge in [0.2, 0.25) is 6.79 Å². The molecule has 1 heterocycles. The van der Waals surface area contributed by atoms with Gasteiger partial charge in [0, 0.05) is 0 Å². The summed E-state index contributed by atoms with van der Waals surface area (Å²) in [6.07, 6.45) is -1.10. The fourth-order valence-corrected chi connectivity index (χ4v) is 1.95. The van der Waals surface area contributed by atoms with Crippen LogP contribution in [-0.2, 0) is 9.53 Å². The van der Waals surface area contributed by atoms with Crippen LogP contribution in [0.3, 0.4) is 0 Å². The summed E-state index contributed by atoms with van der Waals surface area (Å²) in [7, 11) is 0. The van der Waals surface area contributed by atoms with E-state index in [-0.39, 0.29) is 19.8 Å². The monoisotopic (exact) mass is 272 g/mol. The number of ether oxygens (including phenoxy) is 3. The number of aliphatic hydroxyl groups is 1. The highest BCUT2D eigenvalue weighted by molar-refractivity contribution is 6.32. The summed E-state index contributed by atoms with van der Waals surface area (Å²) >= 11 is 5.98. The molecule has 0 saturated carbocycles. The molecule has 5 nitrogen and oxygen atoms in total. The lowest BCUT2D eigenvalue weighted by atomic mass is 10.1. The zero-order valence-electron chi connectivity index (χ0n) is 9.81. The molecule has 6 heteroatoms. The predicted octanol–water partition coefficient (Wildman–Crippen LogP) is 2.06. The first kappa shape index (κ1) is 13.0. The molecule has 0 bridgehead atoms. The number of rotatable bonds is 4. The van der Waals surface area contributed by atoms with Gasteiger partial charge in [-0.25, -0.2) is 0 Å². The highest BCUT2D eigenvalue weighted by Crippen LogP contribution is 2.41. The van der Waals surface area contributed by atoms with Crippen molar-refractivity contribution >= 4 is 17.6 Å². The van der Waals surface area contributed by atoms with E-state index in [4.69, 9.17) is 25.8 Å². The standard InChI is InChI=1S/C12H13ClO5/c1-2-16-11(15)5-9(14)7-3-8(13)12-10(4-7)17-6-18-12/h3-4,9,14H,2,5-6H2,1H3. The molecule has 1 N–H and O–H groups in total. The molecule has 1 unspecified atom stereocenters. The van der Waals surface area contributed by atoms with Crippen molar-refractivity contribution in [2.24, 2.45) is 0 Å². The molecule has 0 aromatic heterocycles. The second-order valence-electron chi connectivity index (χ2n) is 3.76. The maximum atomic E-state index is 11.3. The third-order valence-electron chi connectivity index (χ3n) is 2.50. The summed E-state index contributed by atoms with van der Waals surface area (Å²) in [5, 5.41) is 10.3. The lowest BCUT2D eigenvalue weighted by Gasteiger charge is -2.11. The van der Waals surface area contributed by atoms with Crippen molar-refractivity contribution in [2.75, 3.05) is 13.4 Å². The Morgan fingerprint density at radius 3 is 3.06 bits per heavy atom. The topological polar surface area (TPSA) is 65.0 Å². The third kappa shape index (κ3) is 2.68. The zero-order valence-corrected chi connectivity index (χ0v) is 10.6. The lowest BCUT2D eigenvalue weighted by Crippen LogP contribution is -2.10. The van der Waals surface area contributed by atoms with Crippen molar-refractivity contribution < 1.29 is 24.1 Å². The van der Waals surface area contributed by atoms with E-state index in [1.54, 1.807) is 19.1 Å². The Hall–Kier alpha value is -1.46. The molecule has 18 heavy (non-hydrogen) atoms. The van der Waals surface area contributed by atoms with E-state index >= 15 is 0 Å². The summed E-state index contributed by atoms with van der Waals surface area (Å²) in [5.41, 5.74) is 0.498. The number of hydrogen-bond acceptors (Lipinski definition) is 5. The SMILES string of the molecule is CCOC(=O)CC(O)c1cc(Cl)c2c(c1)OCO2. The summed E-state index contributed by atoms with van der Waals surface area (Å²) in [4.78, 5) is 11.3. The Bertz CT molecular complexity index is 460. The van der Waals surface area contributed by atoms with Gasteiger partial charge in [-0.1, -0.05) is 11.6 Å². The van der Waals surface area contributed by atoms with Crippen LogP contribution in [-0.4, -0.2) is 24.5 Å². The van der Waals surface area contributed by atoms with Crippen molar-refractivity contribution in [3.8, 4) is 11.5 Å². The molecule has 0 amide bonds. The number of carbonyl (C=O) groups excluding carboxylic acids is 1. The minimum absolute atomic E-state index is 0.104. The fourth-order valence-electron chi connectivity index (χ4n) is 1.68. The summed E-state index contributed by atoms with van der Waals surface area (Å²) in [5.74, 6) is 0.475. The van der Waals surface area contributed by atoms with E-state index in [2.05, 4.69) is 0 Å². The summed E-state index contributed by atoms with van der Waals surface area (Å²) < 4.78 is 15.1. The third-order valence-corrected chi connectivity index (χ3v) is 2.78. The van der Waals surface area contributed by atoms with Crippen LogP contribution in [0.5, 0.6) is 11.5 Å². The Kier molecular flexibility index (Phi) is 3.93. The molecular formula is C12H13ClO5. The number of esters is 1. The molecule has 1 aliphatic heterocycles. The first-order valence-corrected chi connectivity index (χ1v) is 5.92. The minimum atomic E-state index is -0.976. The number of benzene rings is 1. The van der Waals surface area contributed by atoms with Gasteiger partial charge in [-0.15, -0.1) is 0 Å². The average molecular weight is 273 g/mol. The van der Waals surface area contributed by atoms with Crippen LogP contribution in [0.1, 0.15) is 25.0 Å². The van der Waals surface area contributed by atoms with Crippen molar-refractivity contribution in [3.63, 3.8) is 0 Å². The number of hydrogen-bond donors (Lipinski definition) is 1. The molecule has 0 fully saturated rings. The highest BCUT2D eigenvalue weighted by atomic mass is 35.5. The summed E-state index contributed by atoms with van der Waals surface area (Å²) in [6.45, 7) is 2.10. The van der Waals surface area contributed by atoms with Gasteiger partial charge in [-0.3, -0.25) is 4.79 Å². The molecule has 0 radical (unpaired) electrons. The van der Waals surface area contributed by atoms with Crippen LogP contribution < -0.4 is 9.47 Å². The van der Waals surface area contributed by atoms with Gasteiger partial charge >= 0.3 is 5.97 Å². The smallest absolute Gasteiger partial charge is 0.308 e. The van der Waals surface area contributed by atoms with E-state index in [9.17, 15) is 9.90 Å². The van der Waals surface area contributed by atoms with E-state index in [0.717, 1.165) is 0 Å². The van der Waals surface area contributed by atoms with Gasteiger partial charge in [0.15, 0.2) is 11.5 Å². The fraction of sp³-hybridized carbons (Fsp3) is 0.417. The van der Waals surface area contributed by atoms with Gasteiger partial charge in [0.25, 0.3) is 0 Å². The number of carbonyl (C=O) groups is 1. The van der Waals surface area contributed by atoms with Gasteiger partial charge in [0.1, 0.15) is 0 Å². The maximum Gasteiger partial charge on any atom is 0.308 e. The van der Waals surface area contributed by atoms with E-state index in [0.29, 0.717) is 22.1 Å². The van der Waals surface area contributed by atoms with Crippen LogP contribution >= 0.6 is 11.6 Å². The predicted molar refractivity (Wildman–Crippen MR) is 63.8 cm³/mol. The molecule has 2 rings (SSSR count). The molecule has 1 aromatic carbocycles. The van der Waals surface area contributed by atoms with Crippen molar-refractivity contribution in [3.05, 3.63) is 22.7 Å². The molecular weight excluding hydrogens is 260 g/mol. The average Bonchev–Trinajstić information content (AvgIpc) is 2.77. The van der Waals surface area contributed by atoms with Gasteiger partial charge in [-0.2, -0.15) is 0 Å². The second kappa shape index (κ2) is 5.46. The quantitative estimate of drug-likeness (QED) is 0.850. The molecule has 0 saturated heterocycles. The van der Waals surface area contributed by atoms with Gasteiger partial charge < -0.3 is 19.3 Å². The normalized spacial score (nSPS) is 14.4. The molecule has 0 aliphatic carbocycles. The van der Waals surface area contributed by atoms with Crippen molar-refractivity contribution in [1.29, 1.82) is 0 Å².